The summed E-state index contributed by atoms with van der Waals surface area (Å²) in [6.07, 6.45) is 0. The highest BCUT2D eigenvalue weighted by atomic mass is 79.9. The molecule has 1 aliphatic rings. The Bertz CT molecular complexity index is 273. The van der Waals surface area contributed by atoms with Crippen LogP contribution in [0.2, 0.25) is 0 Å². The van der Waals surface area contributed by atoms with Crippen molar-refractivity contribution in [2.24, 2.45) is 0 Å². The first-order chi connectivity index (χ1) is 5.40. The minimum atomic E-state index is 0.964. The second kappa shape index (κ2) is 3.42. The van der Waals surface area contributed by atoms with Crippen LogP contribution in [0, 0.1) is 0 Å². The van der Waals surface area contributed by atoms with Gasteiger partial charge < -0.3 is 0 Å². The van der Waals surface area contributed by atoms with Gasteiger partial charge in [-0.1, -0.05) is 22.0 Å². The minimum absolute atomic E-state index is 0.964. The van der Waals surface area contributed by atoms with Gasteiger partial charge in [-0.3, -0.25) is 0 Å². The van der Waals surface area contributed by atoms with E-state index in [2.05, 4.69) is 34.1 Å². The second-order valence-electron chi connectivity index (χ2n) is 2.32. The van der Waals surface area contributed by atoms with Gasteiger partial charge in [0.05, 0.1) is 0 Å². The molecule has 2 rings (SSSR count). The third-order valence-corrected chi connectivity index (χ3v) is 4.63. The summed E-state index contributed by atoms with van der Waals surface area (Å²) in [6.45, 7) is 0. The molecule has 0 spiro atoms. The van der Waals surface area contributed by atoms with Crippen molar-refractivity contribution in [3.05, 3.63) is 23.8 Å². The maximum atomic E-state index is 3.45. The summed E-state index contributed by atoms with van der Waals surface area (Å²) in [5.41, 5.74) is 1.37. The molecule has 0 radical (unpaired) electrons. The van der Waals surface area contributed by atoms with E-state index in [4.69, 9.17) is 0 Å². The standard InChI is InChI=1S/C8H7BrS2/c9-4-6-1-2-7-8(3-6)11-5-10-7/h1-3H,4-5H2. The van der Waals surface area contributed by atoms with Crippen LogP contribution >= 0.6 is 39.5 Å². The van der Waals surface area contributed by atoms with Gasteiger partial charge >= 0.3 is 0 Å². The zero-order chi connectivity index (χ0) is 7.68. The molecule has 0 unspecified atom stereocenters. The Morgan fingerprint density at radius 2 is 2.09 bits per heavy atom. The topological polar surface area (TPSA) is 0 Å². The van der Waals surface area contributed by atoms with Crippen molar-refractivity contribution >= 4 is 39.5 Å². The molecule has 0 nitrogen and oxygen atoms in total. The molecule has 0 atom stereocenters. The zero-order valence-corrected chi connectivity index (χ0v) is 9.06. The Kier molecular flexibility index (Phi) is 2.49. The highest BCUT2D eigenvalue weighted by Crippen LogP contribution is 2.41. The number of benzene rings is 1. The fourth-order valence-electron chi connectivity index (χ4n) is 1.02. The third-order valence-electron chi connectivity index (χ3n) is 1.59. The maximum Gasteiger partial charge on any atom is 0.0487 e. The molecule has 1 aliphatic heterocycles. The Morgan fingerprint density at radius 3 is 2.91 bits per heavy atom. The minimum Gasteiger partial charge on any atom is -0.114 e. The van der Waals surface area contributed by atoms with E-state index in [0.29, 0.717) is 0 Å². The van der Waals surface area contributed by atoms with Gasteiger partial charge in [-0.25, -0.2) is 0 Å². The molecule has 3 heteroatoms. The lowest BCUT2D eigenvalue weighted by Crippen LogP contribution is -1.77. The van der Waals surface area contributed by atoms with Crippen molar-refractivity contribution in [3.63, 3.8) is 0 Å². The molecule has 0 aliphatic carbocycles. The first kappa shape index (κ1) is 8.02. The van der Waals surface area contributed by atoms with Crippen LogP contribution < -0.4 is 0 Å². The quantitative estimate of drug-likeness (QED) is 0.693. The van der Waals surface area contributed by atoms with E-state index >= 15 is 0 Å². The van der Waals surface area contributed by atoms with Gasteiger partial charge in [0.25, 0.3) is 0 Å². The lowest BCUT2D eigenvalue weighted by molar-refractivity contribution is 1.22. The van der Waals surface area contributed by atoms with Crippen molar-refractivity contribution in [1.82, 2.24) is 0 Å². The Hall–Kier alpha value is 0.400. The molecule has 11 heavy (non-hydrogen) atoms. The molecule has 1 heterocycles. The molecule has 1 aromatic rings. The second-order valence-corrected chi connectivity index (χ2v) is 5.28. The average molecular weight is 247 g/mol. The van der Waals surface area contributed by atoms with E-state index in [1.807, 2.05) is 23.5 Å². The fraction of sp³-hybridized carbons (Fsp3) is 0.250. The van der Waals surface area contributed by atoms with Crippen molar-refractivity contribution < 1.29 is 0 Å². The van der Waals surface area contributed by atoms with Crippen molar-refractivity contribution in [2.75, 3.05) is 5.08 Å². The summed E-state index contributed by atoms with van der Waals surface area (Å²) in [4.78, 5) is 2.90. The van der Waals surface area contributed by atoms with Gasteiger partial charge in [0.2, 0.25) is 0 Å². The monoisotopic (exact) mass is 246 g/mol. The van der Waals surface area contributed by atoms with Crippen LogP contribution in [0.25, 0.3) is 0 Å². The predicted octanol–water partition coefficient (Wildman–Crippen LogP) is 3.74. The molecule has 1 aromatic carbocycles. The molecule has 0 fully saturated rings. The van der Waals surface area contributed by atoms with E-state index < -0.39 is 0 Å². The van der Waals surface area contributed by atoms with E-state index in [-0.39, 0.29) is 0 Å². The number of fused-ring (bicyclic) bond motifs is 1. The molecule has 0 amide bonds. The number of rotatable bonds is 1. The summed E-state index contributed by atoms with van der Waals surface area (Å²) >= 11 is 7.32. The van der Waals surface area contributed by atoms with Crippen molar-refractivity contribution in [3.8, 4) is 0 Å². The van der Waals surface area contributed by atoms with Crippen LogP contribution in [0.1, 0.15) is 5.56 Å². The Morgan fingerprint density at radius 1 is 1.27 bits per heavy atom. The van der Waals surface area contributed by atoms with Gasteiger partial charge in [-0.15, -0.1) is 23.5 Å². The molecular weight excluding hydrogens is 240 g/mol. The van der Waals surface area contributed by atoms with Crippen LogP contribution in [0.4, 0.5) is 0 Å². The molecule has 0 bridgehead atoms. The van der Waals surface area contributed by atoms with Gasteiger partial charge in [0.1, 0.15) is 0 Å². The summed E-state index contributed by atoms with van der Waals surface area (Å²) in [5.74, 6) is 0. The summed E-state index contributed by atoms with van der Waals surface area (Å²) in [6, 6.07) is 6.68. The first-order valence-electron chi connectivity index (χ1n) is 3.34. The van der Waals surface area contributed by atoms with Crippen molar-refractivity contribution in [2.45, 2.75) is 15.1 Å². The molecule has 58 valence electrons. The van der Waals surface area contributed by atoms with Gasteiger partial charge in [0.15, 0.2) is 0 Å². The molecule has 0 N–H and O–H groups in total. The normalized spacial score (nSPS) is 15.0. The Labute approximate surface area is 83.3 Å². The molecule has 0 saturated carbocycles. The van der Waals surface area contributed by atoms with Gasteiger partial charge in [0, 0.05) is 20.2 Å². The lowest BCUT2D eigenvalue weighted by atomic mass is 10.2. The highest BCUT2D eigenvalue weighted by Gasteiger charge is 2.11. The summed E-state index contributed by atoms with van der Waals surface area (Å²) in [7, 11) is 0. The maximum absolute atomic E-state index is 3.45. The zero-order valence-electron chi connectivity index (χ0n) is 5.84. The number of hydrogen-bond donors (Lipinski definition) is 0. The van der Waals surface area contributed by atoms with E-state index in [1.54, 1.807) is 0 Å². The SMILES string of the molecule is BrCc1ccc2c(c1)SCS2. The van der Waals surface area contributed by atoms with E-state index in [0.717, 1.165) is 5.33 Å². The van der Waals surface area contributed by atoms with Crippen molar-refractivity contribution in [1.29, 1.82) is 0 Å². The van der Waals surface area contributed by atoms with Gasteiger partial charge in [-0.2, -0.15) is 0 Å². The third kappa shape index (κ3) is 1.60. The van der Waals surface area contributed by atoms with Crippen LogP contribution in [-0.4, -0.2) is 5.08 Å². The van der Waals surface area contributed by atoms with Crippen LogP contribution in [-0.2, 0) is 5.33 Å². The fourth-order valence-corrected chi connectivity index (χ4v) is 3.79. The predicted molar refractivity (Wildman–Crippen MR) is 55.7 cm³/mol. The number of hydrogen-bond acceptors (Lipinski definition) is 2. The molecular formula is C8H7BrS2. The van der Waals surface area contributed by atoms with E-state index in [9.17, 15) is 0 Å². The van der Waals surface area contributed by atoms with E-state index in [1.165, 1.54) is 20.4 Å². The van der Waals surface area contributed by atoms with Crippen LogP contribution in [0.5, 0.6) is 0 Å². The number of halogens is 1. The van der Waals surface area contributed by atoms with Gasteiger partial charge in [-0.05, 0) is 17.7 Å². The molecule has 0 aromatic heterocycles. The first-order valence-corrected chi connectivity index (χ1v) is 6.44. The summed E-state index contributed by atoms with van der Waals surface area (Å²) in [5, 5.41) is 2.15. The number of alkyl halides is 1. The summed E-state index contributed by atoms with van der Waals surface area (Å²) < 4.78 is 0. The highest BCUT2D eigenvalue weighted by molar-refractivity contribution is 9.08. The largest absolute Gasteiger partial charge is 0.114 e. The van der Waals surface area contributed by atoms with Crippen LogP contribution in [0.15, 0.2) is 28.0 Å². The lowest BCUT2D eigenvalue weighted by Gasteiger charge is -1.98. The van der Waals surface area contributed by atoms with Crippen LogP contribution in [0.3, 0.4) is 0 Å². The number of thioether (sulfide) groups is 2. The molecule has 0 saturated heterocycles. The Balaban J connectivity index is 2.41. The smallest absolute Gasteiger partial charge is 0.0487 e. The average Bonchev–Trinajstić information content (AvgIpc) is 2.50.